The zero-order chi connectivity index (χ0) is 18.4. The molecule has 0 unspecified atom stereocenters. The van der Waals surface area contributed by atoms with E-state index in [0.717, 1.165) is 11.1 Å². The fourth-order valence-corrected chi connectivity index (χ4v) is 2.56. The smallest absolute Gasteiger partial charge is 0.254 e. The number of aryl methyl sites for hydroxylation is 1. The monoisotopic (exact) mass is 340 g/mol. The van der Waals surface area contributed by atoms with Crippen LogP contribution in [-0.2, 0) is 4.79 Å². The van der Waals surface area contributed by atoms with Crippen LogP contribution >= 0.6 is 0 Å². The molecule has 0 aliphatic rings. The second-order valence-corrected chi connectivity index (χ2v) is 5.85. The first-order valence-electron chi connectivity index (χ1n) is 8.25. The van der Waals surface area contributed by atoms with Crippen LogP contribution in [0.3, 0.4) is 0 Å². The Morgan fingerprint density at radius 2 is 1.84 bits per heavy atom. The first-order valence-corrected chi connectivity index (χ1v) is 8.25. The highest BCUT2D eigenvalue weighted by atomic mass is 16.5. The molecule has 2 aromatic rings. The van der Waals surface area contributed by atoms with Gasteiger partial charge in [0.15, 0.2) is 0 Å². The first-order chi connectivity index (χ1) is 12.0. The van der Waals surface area contributed by atoms with E-state index in [1.54, 1.807) is 37.4 Å². The molecule has 0 bridgehead atoms. The molecule has 132 valence electrons. The number of carbonyl (C=O) groups is 2. The molecule has 0 aromatic heterocycles. The Hall–Kier alpha value is -2.82. The molecular formula is C20H24N2O3. The van der Waals surface area contributed by atoms with Crippen LogP contribution in [0.25, 0.3) is 0 Å². The van der Waals surface area contributed by atoms with Gasteiger partial charge in [0.2, 0.25) is 5.91 Å². The minimum absolute atomic E-state index is 0.0000744. The van der Waals surface area contributed by atoms with E-state index >= 15 is 0 Å². The molecule has 0 aliphatic heterocycles. The van der Waals surface area contributed by atoms with E-state index < -0.39 is 0 Å². The molecule has 0 fully saturated rings. The lowest BCUT2D eigenvalue weighted by Crippen LogP contribution is -2.38. The standard InChI is InChI=1S/C20H24N2O3/c1-5-22(20(24)18-11-6-8-14(2)15(18)3)13-19(23)21-16-9-7-10-17(12-16)25-4/h6-12H,5,13H2,1-4H3,(H,21,23). The van der Waals surface area contributed by atoms with Crippen molar-refractivity contribution in [2.45, 2.75) is 20.8 Å². The molecule has 0 saturated heterocycles. The summed E-state index contributed by atoms with van der Waals surface area (Å²) in [6.45, 7) is 6.21. The zero-order valence-corrected chi connectivity index (χ0v) is 15.1. The summed E-state index contributed by atoms with van der Waals surface area (Å²) in [5, 5.41) is 2.80. The third-order valence-electron chi connectivity index (χ3n) is 4.19. The quantitative estimate of drug-likeness (QED) is 0.877. The van der Waals surface area contributed by atoms with Gasteiger partial charge in [-0.05, 0) is 50.1 Å². The minimum atomic E-state index is -0.242. The second kappa shape index (κ2) is 8.33. The number of amides is 2. The zero-order valence-electron chi connectivity index (χ0n) is 15.1. The van der Waals surface area contributed by atoms with Crippen LogP contribution in [0, 0.1) is 13.8 Å². The molecule has 2 amide bonds. The molecule has 5 nitrogen and oxygen atoms in total. The van der Waals surface area contributed by atoms with Crippen molar-refractivity contribution in [1.29, 1.82) is 0 Å². The fourth-order valence-electron chi connectivity index (χ4n) is 2.56. The van der Waals surface area contributed by atoms with Gasteiger partial charge in [-0.1, -0.05) is 18.2 Å². The molecule has 25 heavy (non-hydrogen) atoms. The van der Waals surface area contributed by atoms with Crippen molar-refractivity contribution in [3.63, 3.8) is 0 Å². The predicted molar refractivity (Wildman–Crippen MR) is 99.1 cm³/mol. The number of nitrogens with one attached hydrogen (secondary N) is 1. The minimum Gasteiger partial charge on any atom is -0.497 e. The molecule has 2 rings (SSSR count). The number of benzene rings is 2. The number of carbonyl (C=O) groups excluding carboxylic acids is 2. The highest BCUT2D eigenvalue weighted by molar-refractivity contribution is 6.00. The second-order valence-electron chi connectivity index (χ2n) is 5.85. The van der Waals surface area contributed by atoms with Crippen LogP contribution in [0.5, 0.6) is 5.75 Å². The van der Waals surface area contributed by atoms with Crippen molar-refractivity contribution in [3.8, 4) is 5.75 Å². The summed E-state index contributed by atoms with van der Waals surface area (Å²) < 4.78 is 5.14. The fraction of sp³-hybridized carbons (Fsp3) is 0.300. The van der Waals surface area contributed by atoms with Crippen LogP contribution in [0.4, 0.5) is 5.69 Å². The molecule has 0 atom stereocenters. The maximum absolute atomic E-state index is 12.8. The molecule has 0 radical (unpaired) electrons. The summed E-state index contributed by atoms with van der Waals surface area (Å²) in [5.41, 5.74) is 3.28. The van der Waals surface area contributed by atoms with Gasteiger partial charge in [0.1, 0.15) is 12.3 Å². The van der Waals surface area contributed by atoms with Crippen LogP contribution in [0.15, 0.2) is 42.5 Å². The maximum Gasteiger partial charge on any atom is 0.254 e. The normalized spacial score (nSPS) is 10.2. The maximum atomic E-state index is 12.8. The molecule has 0 aliphatic carbocycles. The summed E-state index contributed by atoms with van der Waals surface area (Å²) in [6.07, 6.45) is 0. The van der Waals surface area contributed by atoms with E-state index in [9.17, 15) is 9.59 Å². The molecular weight excluding hydrogens is 316 g/mol. The number of anilines is 1. The van der Waals surface area contributed by atoms with Crippen molar-refractivity contribution < 1.29 is 14.3 Å². The van der Waals surface area contributed by atoms with E-state index in [0.29, 0.717) is 23.5 Å². The van der Waals surface area contributed by atoms with Crippen molar-refractivity contribution in [2.75, 3.05) is 25.5 Å². The summed E-state index contributed by atoms with van der Waals surface area (Å²) in [6, 6.07) is 12.8. The van der Waals surface area contributed by atoms with Gasteiger partial charge in [0.05, 0.1) is 7.11 Å². The van der Waals surface area contributed by atoms with E-state index in [2.05, 4.69) is 5.32 Å². The Kier molecular flexibility index (Phi) is 6.17. The van der Waals surface area contributed by atoms with E-state index in [1.165, 1.54) is 4.90 Å². The summed E-state index contributed by atoms with van der Waals surface area (Å²) in [5.74, 6) is 0.287. The lowest BCUT2D eigenvalue weighted by Gasteiger charge is -2.22. The molecule has 0 saturated carbocycles. The average molecular weight is 340 g/mol. The average Bonchev–Trinajstić information content (AvgIpc) is 2.61. The van der Waals surface area contributed by atoms with Crippen LogP contribution in [0.2, 0.25) is 0 Å². The van der Waals surface area contributed by atoms with Crippen LogP contribution in [-0.4, -0.2) is 36.9 Å². The van der Waals surface area contributed by atoms with Crippen molar-refractivity contribution in [1.82, 2.24) is 4.90 Å². The lowest BCUT2D eigenvalue weighted by molar-refractivity contribution is -0.116. The summed E-state index contributed by atoms with van der Waals surface area (Å²) >= 11 is 0. The van der Waals surface area contributed by atoms with E-state index in [1.807, 2.05) is 32.9 Å². The number of ether oxygens (including phenoxy) is 1. The number of rotatable bonds is 6. The van der Waals surface area contributed by atoms with Crippen LogP contribution < -0.4 is 10.1 Å². The first kappa shape index (κ1) is 18.5. The van der Waals surface area contributed by atoms with Gasteiger partial charge in [-0.2, -0.15) is 0 Å². The van der Waals surface area contributed by atoms with Gasteiger partial charge in [0, 0.05) is 23.9 Å². The molecule has 0 heterocycles. The van der Waals surface area contributed by atoms with Gasteiger partial charge in [-0.25, -0.2) is 0 Å². The van der Waals surface area contributed by atoms with E-state index in [4.69, 9.17) is 4.74 Å². The Labute approximate surface area is 148 Å². The third-order valence-corrected chi connectivity index (χ3v) is 4.19. The highest BCUT2D eigenvalue weighted by Gasteiger charge is 2.19. The molecule has 2 aromatic carbocycles. The van der Waals surface area contributed by atoms with Gasteiger partial charge < -0.3 is 15.0 Å². The summed E-state index contributed by atoms with van der Waals surface area (Å²) in [7, 11) is 1.57. The summed E-state index contributed by atoms with van der Waals surface area (Å²) in [4.78, 5) is 26.6. The van der Waals surface area contributed by atoms with Gasteiger partial charge >= 0.3 is 0 Å². The topological polar surface area (TPSA) is 58.6 Å². The molecule has 1 N–H and O–H groups in total. The number of hydrogen-bond acceptors (Lipinski definition) is 3. The van der Waals surface area contributed by atoms with Crippen molar-refractivity contribution >= 4 is 17.5 Å². The van der Waals surface area contributed by atoms with Gasteiger partial charge in [-0.3, -0.25) is 9.59 Å². The van der Waals surface area contributed by atoms with Gasteiger partial charge in [0.25, 0.3) is 5.91 Å². The van der Waals surface area contributed by atoms with Crippen molar-refractivity contribution in [2.24, 2.45) is 0 Å². The SMILES string of the molecule is CCN(CC(=O)Nc1cccc(OC)c1)C(=O)c1cccc(C)c1C. The number of hydrogen-bond donors (Lipinski definition) is 1. The predicted octanol–water partition coefficient (Wildman–Crippen LogP) is 3.41. The number of methoxy groups -OCH3 is 1. The van der Waals surface area contributed by atoms with Crippen molar-refractivity contribution in [3.05, 3.63) is 59.2 Å². The Balaban J connectivity index is 2.09. The molecule has 0 spiro atoms. The molecule has 5 heteroatoms. The highest BCUT2D eigenvalue weighted by Crippen LogP contribution is 2.17. The number of nitrogens with zero attached hydrogens (tertiary/aromatic N) is 1. The van der Waals surface area contributed by atoms with E-state index in [-0.39, 0.29) is 18.4 Å². The number of likely N-dealkylation sites (N-methyl/N-ethyl adjacent to an activating group) is 1. The van der Waals surface area contributed by atoms with Gasteiger partial charge in [-0.15, -0.1) is 0 Å². The van der Waals surface area contributed by atoms with Crippen LogP contribution in [0.1, 0.15) is 28.4 Å². The Morgan fingerprint density at radius 3 is 2.52 bits per heavy atom. The Morgan fingerprint density at radius 1 is 1.12 bits per heavy atom. The third kappa shape index (κ3) is 4.59. The Bertz CT molecular complexity index is 771. The lowest BCUT2D eigenvalue weighted by atomic mass is 10.0. The largest absolute Gasteiger partial charge is 0.497 e.